The maximum atomic E-state index is 14.3. The zero-order valence-electron chi connectivity index (χ0n) is 20.9. The van der Waals surface area contributed by atoms with Gasteiger partial charge in [0.25, 0.3) is 23.3 Å². The average molecular weight is 533 g/mol. The number of benzene rings is 1. The minimum absolute atomic E-state index is 0.0239. The van der Waals surface area contributed by atoms with Crippen LogP contribution >= 0.6 is 0 Å². The molecule has 38 heavy (non-hydrogen) atoms. The smallest absolute Gasteiger partial charge is 0.273 e. The fourth-order valence-corrected chi connectivity index (χ4v) is 5.89. The first kappa shape index (κ1) is 25.1. The third kappa shape index (κ3) is 4.20. The third-order valence-corrected chi connectivity index (χ3v) is 7.99. The SMILES string of the molecule is CC(NC(=O)c1cn(C2CC(F)(F)C2)c(=O)c2cn(C3CCCCO3)nc12)c1cccc2c1CCC2(F)F. The fourth-order valence-electron chi connectivity index (χ4n) is 5.89. The Labute approximate surface area is 215 Å². The topological polar surface area (TPSA) is 78.2 Å². The van der Waals surface area contributed by atoms with Crippen LogP contribution in [0.4, 0.5) is 17.6 Å². The molecule has 2 fully saturated rings. The molecule has 2 aliphatic carbocycles. The zero-order valence-corrected chi connectivity index (χ0v) is 20.9. The molecular weight excluding hydrogens is 504 g/mol. The summed E-state index contributed by atoms with van der Waals surface area (Å²) >= 11 is 0. The summed E-state index contributed by atoms with van der Waals surface area (Å²) < 4.78 is 64.4. The average Bonchev–Trinajstić information content (AvgIpc) is 3.45. The van der Waals surface area contributed by atoms with Crippen molar-refractivity contribution in [1.82, 2.24) is 19.7 Å². The van der Waals surface area contributed by atoms with Crippen molar-refractivity contribution in [2.75, 3.05) is 6.61 Å². The van der Waals surface area contributed by atoms with Crippen LogP contribution in [-0.2, 0) is 17.1 Å². The van der Waals surface area contributed by atoms with E-state index in [0.717, 1.165) is 12.8 Å². The summed E-state index contributed by atoms with van der Waals surface area (Å²) in [4.78, 5) is 26.9. The van der Waals surface area contributed by atoms with Gasteiger partial charge in [-0.2, -0.15) is 5.10 Å². The number of fused-ring (bicyclic) bond motifs is 2. The van der Waals surface area contributed by atoms with Gasteiger partial charge in [-0.25, -0.2) is 22.2 Å². The molecule has 202 valence electrons. The maximum Gasteiger partial charge on any atom is 0.273 e. The van der Waals surface area contributed by atoms with E-state index < -0.39 is 48.2 Å². The standard InChI is InChI=1S/C27H28F4N4O3/c1-15(17-5-4-6-21-18(17)8-9-27(21,30)31)32-24(36)19-13-34(16-11-26(28,29)12-16)25(37)20-14-35(33-23(19)20)22-7-2-3-10-38-22/h4-6,13-16,22H,2-3,7-12H2,1H3,(H,32,36). The monoisotopic (exact) mass is 532 g/mol. The number of rotatable bonds is 5. The van der Waals surface area contributed by atoms with E-state index in [0.29, 0.717) is 24.2 Å². The van der Waals surface area contributed by atoms with Crippen molar-refractivity contribution in [3.63, 3.8) is 0 Å². The van der Waals surface area contributed by atoms with Crippen LogP contribution in [-0.4, -0.2) is 32.8 Å². The van der Waals surface area contributed by atoms with Gasteiger partial charge in [0.15, 0.2) is 0 Å². The van der Waals surface area contributed by atoms with Gasteiger partial charge in [-0.3, -0.25) is 9.59 Å². The Morgan fingerprint density at radius 2 is 1.97 bits per heavy atom. The van der Waals surface area contributed by atoms with Crippen LogP contribution in [0.5, 0.6) is 0 Å². The number of nitrogens with zero attached hydrogens (tertiary/aromatic N) is 3. The summed E-state index contributed by atoms with van der Waals surface area (Å²) in [5, 5.41) is 7.53. The predicted molar refractivity (Wildman–Crippen MR) is 131 cm³/mol. The van der Waals surface area contributed by atoms with Crippen LogP contribution in [0.15, 0.2) is 35.4 Å². The van der Waals surface area contributed by atoms with Gasteiger partial charge in [0.1, 0.15) is 11.7 Å². The highest BCUT2D eigenvalue weighted by molar-refractivity contribution is 6.05. The minimum atomic E-state index is -2.91. The van der Waals surface area contributed by atoms with Crippen LogP contribution in [0.2, 0.25) is 0 Å². The highest BCUT2D eigenvalue weighted by atomic mass is 19.3. The van der Waals surface area contributed by atoms with Crippen molar-refractivity contribution < 1.29 is 27.1 Å². The number of halogens is 4. The minimum Gasteiger partial charge on any atom is -0.357 e. The molecule has 0 spiro atoms. The first-order chi connectivity index (χ1) is 18.0. The number of nitrogens with one attached hydrogen (secondary N) is 1. The lowest BCUT2D eigenvalue weighted by molar-refractivity contribution is -0.104. The molecule has 3 aromatic rings. The number of ether oxygens (including phenoxy) is 1. The molecule has 2 unspecified atom stereocenters. The highest BCUT2D eigenvalue weighted by Gasteiger charge is 2.47. The molecule has 1 aromatic carbocycles. The normalized spacial score (nSPS) is 23.1. The second-order valence-electron chi connectivity index (χ2n) is 10.6. The van der Waals surface area contributed by atoms with Crippen LogP contribution in [0.1, 0.15) is 90.8 Å². The van der Waals surface area contributed by atoms with Crippen LogP contribution in [0.25, 0.3) is 10.9 Å². The Hall–Kier alpha value is -3.21. The summed E-state index contributed by atoms with van der Waals surface area (Å²) in [6.45, 7) is 2.26. The molecule has 6 rings (SSSR count). The molecule has 2 atom stereocenters. The van der Waals surface area contributed by atoms with Gasteiger partial charge in [-0.1, -0.05) is 18.2 Å². The van der Waals surface area contributed by atoms with Gasteiger partial charge >= 0.3 is 0 Å². The van der Waals surface area contributed by atoms with Crippen molar-refractivity contribution in [3.05, 3.63) is 63.2 Å². The van der Waals surface area contributed by atoms with Crippen LogP contribution < -0.4 is 10.9 Å². The second-order valence-corrected chi connectivity index (χ2v) is 10.6. The molecule has 11 heteroatoms. The van der Waals surface area contributed by atoms with E-state index in [1.807, 2.05) is 0 Å². The zero-order chi connectivity index (χ0) is 26.8. The number of carbonyl (C=O) groups is 1. The molecule has 1 aliphatic heterocycles. The lowest BCUT2D eigenvalue weighted by Crippen LogP contribution is -2.41. The number of aromatic nitrogens is 3. The summed E-state index contributed by atoms with van der Waals surface area (Å²) in [6.07, 6.45) is 3.92. The molecule has 1 saturated heterocycles. The van der Waals surface area contributed by atoms with Crippen molar-refractivity contribution in [2.45, 2.75) is 82.0 Å². The second kappa shape index (κ2) is 8.93. The molecule has 2 aromatic heterocycles. The lowest BCUT2D eigenvalue weighted by atomic mass is 9.87. The number of alkyl halides is 4. The molecule has 3 aliphatic rings. The molecule has 7 nitrogen and oxygen atoms in total. The Morgan fingerprint density at radius 3 is 2.68 bits per heavy atom. The molecule has 1 amide bonds. The number of carbonyl (C=O) groups excluding carboxylic acids is 1. The van der Waals surface area contributed by atoms with E-state index >= 15 is 0 Å². The van der Waals surface area contributed by atoms with Gasteiger partial charge in [0.05, 0.1) is 17.0 Å². The Balaban J connectivity index is 1.37. The Bertz CT molecular complexity index is 1470. The van der Waals surface area contributed by atoms with Crippen LogP contribution in [0.3, 0.4) is 0 Å². The Morgan fingerprint density at radius 1 is 1.18 bits per heavy atom. The summed E-state index contributed by atoms with van der Waals surface area (Å²) in [6, 6.07) is 3.33. The molecule has 1 saturated carbocycles. The van der Waals surface area contributed by atoms with Crippen molar-refractivity contribution in [2.24, 2.45) is 0 Å². The van der Waals surface area contributed by atoms with E-state index in [9.17, 15) is 27.2 Å². The van der Waals surface area contributed by atoms with Crippen molar-refractivity contribution >= 4 is 16.8 Å². The lowest BCUT2D eigenvalue weighted by Gasteiger charge is -2.36. The van der Waals surface area contributed by atoms with Crippen molar-refractivity contribution in [3.8, 4) is 0 Å². The van der Waals surface area contributed by atoms with E-state index in [1.54, 1.807) is 19.1 Å². The predicted octanol–water partition coefficient (Wildman–Crippen LogP) is 5.40. The molecule has 1 N–H and O–H groups in total. The summed E-state index contributed by atoms with van der Waals surface area (Å²) in [7, 11) is 0. The van der Waals surface area contributed by atoms with E-state index in [2.05, 4.69) is 10.4 Å². The van der Waals surface area contributed by atoms with Gasteiger partial charge in [-0.15, -0.1) is 0 Å². The number of pyridine rings is 1. The first-order valence-electron chi connectivity index (χ1n) is 13.0. The maximum absolute atomic E-state index is 14.3. The van der Waals surface area contributed by atoms with Crippen molar-refractivity contribution in [1.29, 1.82) is 0 Å². The number of amides is 1. The van der Waals surface area contributed by atoms with Gasteiger partial charge < -0.3 is 14.6 Å². The van der Waals surface area contributed by atoms with E-state index in [4.69, 9.17) is 4.74 Å². The van der Waals surface area contributed by atoms with Gasteiger partial charge in [0, 0.05) is 49.9 Å². The van der Waals surface area contributed by atoms with Gasteiger partial charge in [0.2, 0.25) is 0 Å². The van der Waals surface area contributed by atoms with Crippen LogP contribution in [0, 0.1) is 0 Å². The van der Waals surface area contributed by atoms with Gasteiger partial charge in [-0.05, 0) is 43.7 Å². The first-order valence-corrected chi connectivity index (χ1v) is 13.0. The quantitative estimate of drug-likeness (QED) is 0.447. The summed E-state index contributed by atoms with van der Waals surface area (Å²) in [5.41, 5.74) is 0.822. The molecule has 3 heterocycles. The highest BCUT2D eigenvalue weighted by Crippen LogP contribution is 2.45. The molecular formula is C27H28F4N4O3. The fraction of sp³-hybridized carbons (Fsp3) is 0.519. The largest absolute Gasteiger partial charge is 0.357 e. The van der Waals surface area contributed by atoms with E-state index in [-0.39, 0.29) is 41.1 Å². The van der Waals surface area contributed by atoms with E-state index in [1.165, 1.54) is 27.7 Å². The molecule has 0 radical (unpaired) electrons. The molecule has 0 bridgehead atoms. The Kier molecular flexibility index (Phi) is 5.89. The number of hydrogen-bond donors (Lipinski definition) is 1. The number of hydrogen-bond acceptors (Lipinski definition) is 4. The summed E-state index contributed by atoms with van der Waals surface area (Å²) in [5.74, 6) is -6.33. The third-order valence-electron chi connectivity index (χ3n) is 7.99.